The lowest BCUT2D eigenvalue weighted by Gasteiger charge is -2.13. The molecule has 0 unspecified atom stereocenters. The smallest absolute Gasteiger partial charge is 0.312 e. The van der Waals surface area contributed by atoms with Crippen LogP contribution in [0.25, 0.3) is 11.0 Å². The number of rotatable bonds is 7. The van der Waals surface area contributed by atoms with E-state index in [1.165, 1.54) is 6.07 Å². The molecule has 6 heteroatoms. The van der Waals surface area contributed by atoms with Crippen LogP contribution >= 0.6 is 0 Å². The highest BCUT2D eigenvalue weighted by atomic mass is 19.1. The molecule has 3 aromatic rings. The van der Waals surface area contributed by atoms with E-state index in [-0.39, 0.29) is 5.82 Å². The van der Waals surface area contributed by atoms with Gasteiger partial charge in [-0.05, 0) is 60.9 Å². The molecule has 1 heterocycles. The number of nitrogens with one attached hydrogen (secondary N) is 1. The molecule has 1 aromatic heterocycles. The molecule has 0 atom stereocenters. The van der Waals surface area contributed by atoms with Crippen LogP contribution in [0.15, 0.2) is 47.1 Å². The third-order valence-corrected chi connectivity index (χ3v) is 3.62. The van der Waals surface area contributed by atoms with Crippen LogP contribution in [0.5, 0.6) is 11.5 Å². The van der Waals surface area contributed by atoms with Gasteiger partial charge in [-0.2, -0.15) is 5.48 Å². The molecule has 5 nitrogen and oxygen atoms in total. The van der Waals surface area contributed by atoms with E-state index in [2.05, 4.69) is 10.3 Å². The van der Waals surface area contributed by atoms with Crippen LogP contribution in [-0.4, -0.2) is 13.0 Å². The Balaban J connectivity index is 1.84. The maximum Gasteiger partial charge on any atom is 0.312 e. The van der Waals surface area contributed by atoms with Gasteiger partial charge in [-0.25, -0.2) is 4.39 Å². The van der Waals surface area contributed by atoms with Crippen molar-refractivity contribution in [1.29, 1.82) is 0 Å². The number of halogens is 1. The zero-order valence-electron chi connectivity index (χ0n) is 13.0. The number of hydroxylamine groups is 1. The number of hydrogen-bond donors (Lipinski definition) is 1. The van der Waals surface area contributed by atoms with Crippen LogP contribution in [0.4, 0.5) is 4.39 Å². The molecule has 0 saturated carbocycles. The number of carbonyl (C=O) groups is 1. The normalized spacial score (nSPS) is 10.8. The second kappa shape index (κ2) is 7.14. The fourth-order valence-electron chi connectivity index (χ4n) is 2.40. The number of ether oxygens (including phenoxy) is 1. The molecule has 0 saturated heterocycles. The van der Waals surface area contributed by atoms with Gasteiger partial charge in [0.2, 0.25) is 0 Å². The third-order valence-electron chi connectivity index (χ3n) is 3.62. The molecular weight excluding hydrogens is 313 g/mol. The van der Waals surface area contributed by atoms with Crippen molar-refractivity contribution in [2.75, 3.05) is 6.54 Å². The van der Waals surface area contributed by atoms with E-state index >= 15 is 0 Å². The highest BCUT2D eigenvalue weighted by Crippen LogP contribution is 2.30. The highest BCUT2D eigenvalue weighted by Gasteiger charge is 2.11. The van der Waals surface area contributed by atoms with Crippen molar-refractivity contribution in [3.63, 3.8) is 0 Å². The Labute approximate surface area is 137 Å². The second-order valence-electron chi connectivity index (χ2n) is 5.29. The topological polar surface area (TPSA) is 60.7 Å². The first-order valence-corrected chi connectivity index (χ1v) is 7.43. The summed E-state index contributed by atoms with van der Waals surface area (Å²) in [6, 6.07) is 10.4. The largest absolute Gasteiger partial charge is 0.464 e. The Kier molecular flexibility index (Phi) is 4.77. The lowest BCUT2D eigenvalue weighted by atomic mass is 10.1. The van der Waals surface area contributed by atoms with Gasteiger partial charge < -0.3 is 14.0 Å². The standard InChI is InChI=1S/C18H16FNO4/c1-12-8-18(13(10-16(12)19)4-6-20-23-11-21)24-15-2-3-17-14(9-15)5-7-22-17/h2-3,5,7-11,20H,4,6H2,1H3. The van der Waals surface area contributed by atoms with Gasteiger partial charge in [0.25, 0.3) is 0 Å². The molecule has 2 aromatic carbocycles. The fourth-order valence-corrected chi connectivity index (χ4v) is 2.40. The number of hydrogen-bond acceptors (Lipinski definition) is 5. The SMILES string of the molecule is Cc1cc(Oc2ccc3occc3c2)c(CCNOC=O)cc1F. The molecule has 0 radical (unpaired) electrons. The number of fused-ring (bicyclic) bond motifs is 1. The molecule has 24 heavy (non-hydrogen) atoms. The summed E-state index contributed by atoms with van der Waals surface area (Å²) in [6.45, 7) is 2.32. The van der Waals surface area contributed by atoms with Crippen molar-refractivity contribution in [2.24, 2.45) is 0 Å². The lowest BCUT2D eigenvalue weighted by molar-refractivity contribution is -0.135. The van der Waals surface area contributed by atoms with Crippen molar-refractivity contribution in [1.82, 2.24) is 5.48 Å². The molecule has 3 rings (SSSR count). The van der Waals surface area contributed by atoms with Crippen LogP contribution in [-0.2, 0) is 16.1 Å². The van der Waals surface area contributed by atoms with Gasteiger partial charge in [-0.1, -0.05) is 0 Å². The Bertz CT molecular complexity index is 859. The Hall–Kier alpha value is -2.86. The summed E-state index contributed by atoms with van der Waals surface area (Å²) in [5.41, 5.74) is 4.41. The van der Waals surface area contributed by atoms with E-state index in [0.29, 0.717) is 42.1 Å². The highest BCUT2D eigenvalue weighted by molar-refractivity contribution is 5.78. The average molecular weight is 329 g/mol. The number of benzene rings is 2. The molecule has 0 amide bonds. The van der Waals surface area contributed by atoms with Gasteiger partial charge in [0, 0.05) is 11.9 Å². The minimum Gasteiger partial charge on any atom is -0.464 e. The quantitative estimate of drug-likeness (QED) is 0.405. The Morgan fingerprint density at radius 2 is 2.12 bits per heavy atom. The molecule has 0 aliphatic carbocycles. The van der Waals surface area contributed by atoms with E-state index in [4.69, 9.17) is 9.15 Å². The van der Waals surface area contributed by atoms with E-state index in [0.717, 1.165) is 11.0 Å². The summed E-state index contributed by atoms with van der Waals surface area (Å²) < 4.78 is 25.1. The second-order valence-corrected chi connectivity index (χ2v) is 5.29. The van der Waals surface area contributed by atoms with E-state index in [1.54, 1.807) is 25.3 Å². The summed E-state index contributed by atoms with van der Waals surface area (Å²) in [7, 11) is 0. The first-order valence-electron chi connectivity index (χ1n) is 7.43. The van der Waals surface area contributed by atoms with Crippen molar-refractivity contribution >= 4 is 17.4 Å². The van der Waals surface area contributed by atoms with Crippen molar-refractivity contribution < 1.29 is 23.2 Å². The zero-order chi connectivity index (χ0) is 16.9. The monoisotopic (exact) mass is 329 g/mol. The van der Waals surface area contributed by atoms with Gasteiger partial charge in [0.05, 0.1) is 6.26 Å². The van der Waals surface area contributed by atoms with Gasteiger partial charge in [0.15, 0.2) is 0 Å². The van der Waals surface area contributed by atoms with Crippen molar-refractivity contribution in [3.8, 4) is 11.5 Å². The predicted octanol–water partition coefficient (Wildman–Crippen LogP) is 3.89. The molecule has 0 spiro atoms. The van der Waals surface area contributed by atoms with Gasteiger partial charge in [-0.3, -0.25) is 4.79 Å². The minimum atomic E-state index is -0.307. The van der Waals surface area contributed by atoms with E-state index < -0.39 is 0 Å². The number of carbonyl (C=O) groups excluding carboxylic acids is 1. The third kappa shape index (κ3) is 3.55. The van der Waals surface area contributed by atoms with Crippen LogP contribution in [0.2, 0.25) is 0 Å². The fraction of sp³-hybridized carbons (Fsp3) is 0.167. The summed E-state index contributed by atoms with van der Waals surface area (Å²) >= 11 is 0. The van der Waals surface area contributed by atoms with Crippen LogP contribution in [0.3, 0.4) is 0 Å². The number of aryl methyl sites for hydroxylation is 1. The summed E-state index contributed by atoms with van der Waals surface area (Å²) in [4.78, 5) is 14.6. The maximum atomic E-state index is 13.9. The molecule has 0 aliphatic rings. The van der Waals surface area contributed by atoms with Gasteiger partial charge in [-0.15, -0.1) is 0 Å². The zero-order valence-corrected chi connectivity index (χ0v) is 13.0. The predicted molar refractivity (Wildman–Crippen MR) is 86.3 cm³/mol. The van der Waals surface area contributed by atoms with Crippen LogP contribution in [0, 0.1) is 12.7 Å². The lowest BCUT2D eigenvalue weighted by Crippen LogP contribution is -2.17. The van der Waals surface area contributed by atoms with Gasteiger partial charge in [0.1, 0.15) is 22.9 Å². The molecule has 124 valence electrons. The minimum absolute atomic E-state index is 0.299. The van der Waals surface area contributed by atoms with Crippen molar-refractivity contribution in [2.45, 2.75) is 13.3 Å². The summed E-state index contributed by atoms with van der Waals surface area (Å²) in [5, 5.41) is 0.925. The molecule has 0 aliphatic heterocycles. The maximum absolute atomic E-state index is 13.9. The first-order chi connectivity index (χ1) is 11.7. The number of furan rings is 1. The van der Waals surface area contributed by atoms with E-state index in [9.17, 15) is 9.18 Å². The Morgan fingerprint density at radius 1 is 1.25 bits per heavy atom. The van der Waals surface area contributed by atoms with Gasteiger partial charge >= 0.3 is 6.47 Å². The van der Waals surface area contributed by atoms with E-state index in [1.807, 2.05) is 18.2 Å². The first kappa shape index (κ1) is 16.0. The molecule has 0 bridgehead atoms. The van der Waals surface area contributed by atoms with Crippen molar-refractivity contribution in [3.05, 3.63) is 59.6 Å². The molecular formula is C18H16FNO4. The van der Waals surface area contributed by atoms with Crippen LogP contribution < -0.4 is 10.2 Å². The summed E-state index contributed by atoms with van der Waals surface area (Å²) in [5.74, 6) is 0.886. The Morgan fingerprint density at radius 3 is 2.96 bits per heavy atom. The molecule has 1 N–H and O–H groups in total. The molecule has 0 fully saturated rings. The van der Waals surface area contributed by atoms with Crippen LogP contribution in [0.1, 0.15) is 11.1 Å². The summed E-state index contributed by atoms with van der Waals surface area (Å²) in [6.07, 6.45) is 2.05. The average Bonchev–Trinajstić information content (AvgIpc) is 3.03.